The number of rotatable bonds is 9. The van der Waals surface area contributed by atoms with Gasteiger partial charge in [-0.2, -0.15) is 0 Å². The van der Waals surface area contributed by atoms with Crippen molar-refractivity contribution in [2.45, 2.75) is 20.0 Å². The number of non-ortho nitro benzene ring substituents is 1. The van der Waals surface area contributed by atoms with Crippen LogP contribution in [-0.2, 0) is 11.3 Å². The zero-order valence-electron chi connectivity index (χ0n) is 18.8. The van der Waals surface area contributed by atoms with Crippen LogP contribution in [0.5, 0.6) is 17.2 Å². The molecule has 1 heterocycles. The maximum absolute atomic E-state index is 12.8. The topological polar surface area (TPSA) is 118 Å². The number of nitrogens with zero attached hydrogens (tertiary/aromatic N) is 1. The molecule has 178 valence electrons. The molecule has 0 radical (unpaired) electrons. The predicted molar refractivity (Wildman–Crippen MR) is 127 cm³/mol. The van der Waals surface area contributed by atoms with E-state index in [2.05, 4.69) is 0 Å². The molecule has 0 aliphatic heterocycles. The van der Waals surface area contributed by atoms with Crippen molar-refractivity contribution in [2.24, 2.45) is 0 Å². The lowest BCUT2D eigenvalue weighted by atomic mass is 10.2. The fourth-order valence-electron chi connectivity index (χ4n) is 3.20. The van der Waals surface area contributed by atoms with Gasteiger partial charge in [0.25, 0.3) is 5.69 Å². The van der Waals surface area contributed by atoms with Gasteiger partial charge in [-0.15, -0.1) is 0 Å². The molecule has 0 atom stereocenters. The summed E-state index contributed by atoms with van der Waals surface area (Å²) in [5.74, 6) is 0.415. The molecular formula is C26H21NO8. The SMILES string of the molecule is CCCOC(=O)c1ccc(Oc2coc3cc(OCc4ccc([N+](=O)[O-])cc4)ccc3c2=O)cc1. The third-order valence-corrected chi connectivity index (χ3v) is 5.02. The van der Waals surface area contributed by atoms with E-state index in [0.717, 1.165) is 12.0 Å². The van der Waals surface area contributed by atoms with Crippen LogP contribution in [0.1, 0.15) is 29.3 Å². The van der Waals surface area contributed by atoms with Gasteiger partial charge in [-0.05, 0) is 60.5 Å². The van der Waals surface area contributed by atoms with Crippen LogP contribution < -0.4 is 14.9 Å². The van der Waals surface area contributed by atoms with Gasteiger partial charge in [-0.3, -0.25) is 14.9 Å². The molecule has 0 aliphatic carbocycles. The van der Waals surface area contributed by atoms with Gasteiger partial charge in [-0.1, -0.05) is 6.92 Å². The molecule has 4 rings (SSSR count). The first-order valence-electron chi connectivity index (χ1n) is 10.8. The molecule has 0 spiro atoms. The van der Waals surface area contributed by atoms with Crippen LogP contribution in [0.3, 0.4) is 0 Å². The van der Waals surface area contributed by atoms with Crippen LogP contribution >= 0.6 is 0 Å². The molecular weight excluding hydrogens is 454 g/mol. The maximum Gasteiger partial charge on any atom is 0.338 e. The lowest BCUT2D eigenvalue weighted by Gasteiger charge is -2.09. The second-order valence-electron chi connectivity index (χ2n) is 7.56. The van der Waals surface area contributed by atoms with Crippen molar-refractivity contribution in [3.8, 4) is 17.2 Å². The first-order valence-corrected chi connectivity index (χ1v) is 10.8. The van der Waals surface area contributed by atoms with Crippen molar-refractivity contribution in [3.63, 3.8) is 0 Å². The van der Waals surface area contributed by atoms with Crippen molar-refractivity contribution in [2.75, 3.05) is 6.61 Å². The number of carbonyl (C=O) groups is 1. The zero-order valence-corrected chi connectivity index (χ0v) is 18.8. The highest BCUT2D eigenvalue weighted by Crippen LogP contribution is 2.25. The summed E-state index contributed by atoms with van der Waals surface area (Å²) in [7, 11) is 0. The fraction of sp³-hybridized carbons (Fsp3) is 0.154. The number of esters is 1. The van der Waals surface area contributed by atoms with Crippen molar-refractivity contribution < 1.29 is 28.3 Å². The summed E-state index contributed by atoms with van der Waals surface area (Å²) >= 11 is 0. The molecule has 9 nitrogen and oxygen atoms in total. The van der Waals surface area contributed by atoms with Gasteiger partial charge in [-0.25, -0.2) is 4.79 Å². The molecule has 0 fully saturated rings. The van der Waals surface area contributed by atoms with Crippen molar-refractivity contribution in [1.82, 2.24) is 0 Å². The first kappa shape index (κ1) is 23.5. The molecule has 0 saturated heterocycles. The number of hydrogen-bond donors (Lipinski definition) is 0. The Bertz CT molecular complexity index is 1410. The van der Waals surface area contributed by atoms with Gasteiger partial charge in [0.2, 0.25) is 11.2 Å². The normalized spacial score (nSPS) is 10.7. The van der Waals surface area contributed by atoms with E-state index in [-0.39, 0.29) is 23.5 Å². The molecule has 4 aromatic rings. The average molecular weight is 475 g/mol. The lowest BCUT2D eigenvalue weighted by Crippen LogP contribution is -2.06. The van der Waals surface area contributed by atoms with E-state index < -0.39 is 10.9 Å². The van der Waals surface area contributed by atoms with Crippen LogP contribution in [0.15, 0.2) is 82.2 Å². The first-order chi connectivity index (χ1) is 16.9. The molecule has 1 aromatic heterocycles. The summed E-state index contributed by atoms with van der Waals surface area (Å²) in [5, 5.41) is 11.1. The number of carbonyl (C=O) groups excluding carboxylic acids is 1. The lowest BCUT2D eigenvalue weighted by molar-refractivity contribution is -0.384. The Balaban J connectivity index is 1.44. The second kappa shape index (κ2) is 10.5. The molecule has 0 amide bonds. The molecule has 35 heavy (non-hydrogen) atoms. The largest absolute Gasteiger partial charge is 0.489 e. The van der Waals surface area contributed by atoms with Gasteiger partial charge >= 0.3 is 5.97 Å². The van der Waals surface area contributed by atoms with E-state index in [9.17, 15) is 19.7 Å². The number of ether oxygens (including phenoxy) is 3. The van der Waals surface area contributed by atoms with Crippen molar-refractivity contribution >= 4 is 22.6 Å². The summed E-state index contributed by atoms with van der Waals surface area (Å²) in [6.45, 7) is 2.45. The molecule has 9 heteroatoms. The van der Waals surface area contributed by atoms with E-state index in [0.29, 0.717) is 34.6 Å². The molecule has 0 N–H and O–H groups in total. The molecule has 0 saturated carbocycles. The summed E-state index contributed by atoms with van der Waals surface area (Å²) in [6.07, 6.45) is 1.95. The van der Waals surface area contributed by atoms with Crippen LogP contribution in [0.2, 0.25) is 0 Å². The van der Waals surface area contributed by atoms with Crippen LogP contribution in [0.4, 0.5) is 5.69 Å². The van der Waals surface area contributed by atoms with Crippen LogP contribution in [0.25, 0.3) is 11.0 Å². The van der Waals surface area contributed by atoms with E-state index in [1.54, 1.807) is 54.6 Å². The third kappa shape index (κ3) is 5.64. The van der Waals surface area contributed by atoms with Gasteiger partial charge in [0.15, 0.2) is 0 Å². The Labute approximate surface area is 199 Å². The minimum Gasteiger partial charge on any atom is -0.489 e. The number of benzene rings is 3. The Morgan fingerprint density at radius 1 is 1.00 bits per heavy atom. The third-order valence-electron chi connectivity index (χ3n) is 5.02. The quantitative estimate of drug-likeness (QED) is 0.173. The standard InChI is InChI=1S/C26H21NO8/c1-2-13-32-26(29)18-5-9-20(10-6-18)35-24-16-34-23-14-21(11-12-22(23)25(24)28)33-15-17-3-7-19(8-4-17)27(30)31/h3-12,14,16H,2,13,15H2,1H3. The van der Waals surface area contributed by atoms with Gasteiger partial charge < -0.3 is 18.6 Å². The fourth-order valence-corrected chi connectivity index (χ4v) is 3.20. The van der Waals surface area contributed by atoms with E-state index in [1.165, 1.54) is 18.4 Å². The second-order valence-corrected chi connectivity index (χ2v) is 7.56. The maximum atomic E-state index is 12.8. The average Bonchev–Trinajstić information content (AvgIpc) is 2.88. The number of fused-ring (bicyclic) bond motifs is 1. The van der Waals surface area contributed by atoms with Gasteiger partial charge in [0.05, 0.1) is 22.5 Å². The molecule has 0 unspecified atom stereocenters. The van der Waals surface area contributed by atoms with Crippen molar-refractivity contribution in [1.29, 1.82) is 0 Å². The molecule has 0 aliphatic rings. The minimum atomic E-state index is -0.465. The van der Waals surface area contributed by atoms with Crippen LogP contribution in [-0.4, -0.2) is 17.5 Å². The Morgan fingerprint density at radius 3 is 2.40 bits per heavy atom. The van der Waals surface area contributed by atoms with E-state index >= 15 is 0 Å². The Morgan fingerprint density at radius 2 is 1.71 bits per heavy atom. The molecule has 3 aromatic carbocycles. The predicted octanol–water partition coefficient (Wildman–Crippen LogP) is 5.64. The summed E-state index contributed by atoms with van der Waals surface area (Å²) in [5.41, 5.74) is 1.10. The van der Waals surface area contributed by atoms with Gasteiger partial charge in [0.1, 0.15) is 30.0 Å². The Hall–Kier alpha value is -4.66. The van der Waals surface area contributed by atoms with Crippen molar-refractivity contribution in [3.05, 3.63) is 104 Å². The van der Waals surface area contributed by atoms with Crippen LogP contribution in [0, 0.1) is 10.1 Å². The smallest absolute Gasteiger partial charge is 0.338 e. The summed E-state index contributed by atoms with van der Waals surface area (Å²) < 4.78 is 22.0. The highest BCUT2D eigenvalue weighted by Gasteiger charge is 2.12. The summed E-state index contributed by atoms with van der Waals surface area (Å²) in [4.78, 5) is 35.0. The highest BCUT2D eigenvalue weighted by atomic mass is 16.6. The zero-order chi connectivity index (χ0) is 24.8. The monoisotopic (exact) mass is 475 g/mol. The Kier molecular flexibility index (Phi) is 7.06. The highest BCUT2D eigenvalue weighted by molar-refractivity contribution is 5.89. The van der Waals surface area contributed by atoms with Gasteiger partial charge in [0, 0.05) is 18.2 Å². The number of nitro benzene ring substituents is 1. The van der Waals surface area contributed by atoms with E-state index in [4.69, 9.17) is 18.6 Å². The molecule has 0 bridgehead atoms. The van der Waals surface area contributed by atoms with E-state index in [1.807, 2.05) is 6.92 Å². The number of hydrogen-bond acceptors (Lipinski definition) is 8. The summed E-state index contributed by atoms with van der Waals surface area (Å²) in [6, 6.07) is 17.1. The minimum absolute atomic E-state index is 0.00152. The number of nitro groups is 1.